The van der Waals surface area contributed by atoms with Crippen molar-refractivity contribution in [1.29, 1.82) is 0 Å². The summed E-state index contributed by atoms with van der Waals surface area (Å²) >= 11 is 1.05. The standard InChI is InChI=1S/C14H30OS/c1-3-5-6-7-8-9-10-11-12-13-14(4-2)16-15/h14-15H,3-13H2,1-2H3. The number of hydrogen-bond donors (Lipinski definition) is 1. The lowest BCUT2D eigenvalue weighted by Gasteiger charge is -2.09. The Balaban J connectivity index is 3.03. The van der Waals surface area contributed by atoms with Crippen molar-refractivity contribution in [2.45, 2.75) is 89.7 Å². The van der Waals surface area contributed by atoms with Crippen LogP contribution in [0.3, 0.4) is 0 Å². The molecular formula is C14H30OS. The molecule has 0 aliphatic heterocycles. The van der Waals surface area contributed by atoms with Gasteiger partial charge in [-0.05, 0) is 24.9 Å². The summed E-state index contributed by atoms with van der Waals surface area (Å²) in [5.41, 5.74) is 0. The van der Waals surface area contributed by atoms with E-state index in [4.69, 9.17) is 4.55 Å². The molecule has 1 unspecified atom stereocenters. The summed E-state index contributed by atoms with van der Waals surface area (Å²) in [5.74, 6) is 0. The summed E-state index contributed by atoms with van der Waals surface area (Å²) in [6.07, 6.45) is 14.8. The van der Waals surface area contributed by atoms with Gasteiger partial charge in [-0.3, -0.25) is 0 Å². The minimum absolute atomic E-state index is 0.476. The molecule has 0 saturated heterocycles. The van der Waals surface area contributed by atoms with Crippen LogP contribution in [0.15, 0.2) is 0 Å². The molecule has 0 heterocycles. The lowest BCUT2D eigenvalue weighted by atomic mass is 10.1. The molecule has 16 heavy (non-hydrogen) atoms. The van der Waals surface area contributed by atoms with Gasteiger partial charge < -0.3 is 4.55 Å². The molecule has 0 bridgehead atoms. The van der Waals surface area contributed by atoms with Gasteiger partial charge >= 0.3 is 0 Å². The molecule has 1 atom stereocenters. The predicted octanol–water partition coefficient (Wildman–Crippen LogP) is 5.89. The Kier molecular flexibility index (Phi) is 13.6. The quantitative estimate of drug-likeness (QED) is 0.342. The van der Waals surface area contributed by atoms with Crippen molar-refractivity contribution in [3.8, 4) is 0 Å². The molecule has 0 aromatic heterocycles. The van der Waals surface area contributed by atoms with Crippen molar-refractivity contribution in [2.24, 2.45) is 0 Å². The summed E-state index contributed by atoms with van der Waals surface area (Å²) < 4.78 is 8.97. The van der Waals surface area contributed by atoms with Crippen molar-refractivity contribution >= 4 is 12.0 Å². The van der Waals surface area contributed by atoms with Gasteiger partial charge in [-0.2, -0.15) is 0 Å². The zero-order valence-electron chi connectivity index (χ0n) is 11.2. The van der Waals surface area contributed by atoms with Crippen LogP contribution in [0.2, 0.25) is 0 Å². The Morgan fingerprint density at radius 2 is 1.31 bits per heavy atom. The van der Waals surface area contributed by atoms with Crippen LogP contribution in [0.25, 0.3) is 0 Å². The fraction of sp³-hybridized carbons (Fsp3) is 1.00. The maximum Gasteiger partial charge on any atom is 0.0306 e. The van der Waals surface area contributed by atoms with E-state index >= 15 is 0 Å². The Labute approximate surface area is 107 Å². The first-order valence-electron chi connectivity index (χ1n) is 7.15. The number of hydrogen-bond acceptors (Lipinski definition) is 2. The van der Waals surface area contributed by atoms with Crippen molar-refractivity contribution in [3.63, 3.8) is 0 Å². The molecule has 0 aromatic rings. The van der Waals surface area contributed by atoms with E-state index in [2.05, 4.69) is 13.8 Å². The molecule has 0 saturated carbocycles. The third-order valence-electron chi connectivity index (χ3n) is 3.23. The molecule has 0 fully saturated rings. The lowest BCUT2D eigenvalue weighted by molar-refractivity contribution is 0.545. The Morgan fingerprint density at radius 3 is 1.75 bits per heavy atom. The second-order valence-electron chi connectivity index (χ2n) is 4.75. The minimum Gasteiger partial charge on any atom is -0.330 e. The van der Waals surface area contributed by atoms with Crippen LogP contribution in [0.4, 0.5) is 0 Å². The van der Waals surface area contributed by atoms with Gasteiger partial charge in [0, 0.05) is 5.25 Å². The number of unbranched alkanes of at least 4 members (excludes halogenated alkanes) is 8. The first-order chi connectivity index (χ1) is 7.85. The van der Waals surface area contributed by atoms with E-state index < -0.39 is 0 Å². The normalized spacial score (nSPS) is 12.9. The second kappa shape index (κ2) is 13.4. The van der Waals surface area contributed by atoms with Gasteiger partial charge in [0.2, 0.25) is 0 Å². The molecule has 0 aliphatic rings. The van der Waals surface area contributed by atoms with E-state index in [0.29, 0.717) is 5.25 Å². The average Bonchev–Trinajstić information content (AvgIpc) is 2.32. The Morgan fingerprint density at radius 1 is 0.812 bits per heavy atom. The van der Waals surface area contributed by atoms with Gasteiger partial charge in [0.25, 0.3) is 0 Å². The molecule has 0 aromatic carbocycles. The second-order valence-corrected chi connectivity index (χ2v) is 5.63. The monoisotopic (exact) mass is 246 g/mol. The summed E-state index contributed by atoms with van der Waals surface area (Å²) in [6, 6.07) is 0. The molecule has 0 spiro atoms. The van der Waals surface area contributed by atoms with Gasteiger partial charge in [0.1, 0.15) is 0 Å². The first kappa shape index (κ1) is 16.3. The summed E-state index contributed by atoms with van der Waals surface area (Å²) in [5, 5.41) is 0.476. The van der Waals surface area contributed by atoms with E-state index in [9.17, 15) is 0 Å². The van der Waals surface area contributed by atoms with Crippen LogP contribution >= 0.6 is 12.0 Å². The van der Waals surface area contributed by atoms with Crippen LogP contribution in [0.1, 0.15) is 84.5 Å². The average molecular weight is 246 g/mol. The molecule has 1 nitrogen and oxygen atoms in total. The first-order valence-corrected chi connectivity index (χ1v) is 7.99. The molecule has 0 radical (unpaired) electrons. The fourth-order valence-electron chi connectivity index (χ4n) is 2.01. The summed E-state index contributed by atoms with van der Waals surface area (Å²) in [4.78, 5) is 0. The van der Waals surface area contributed by atoms with Crippen LogP contribution in [0, 0.1) is 0 Å². The SMILES string of the molecule is CCCCCCCCCCCC(CC)SO. The van der Waals surface area contributed by atoms with Crippen molar-refractivity contribution < 1.29 is 4.55 Å². The maximum absolute atomic E-state index is 8.97. The zero-order valence-corrected chi connectivity index (χ0v) is 12.0. The van der Waals surface area contributed by atoms with Crippen molar-refractivity contribution in [1.82, 2.24) is 0 Å². The highest BCUT2D eigenvalue weighted by molar-refractivity contribution is 7.94. The van der Waals surface area contributed by atoms with Gasteiger partial charge in [0.05, 0.1) is 0 Å². The van der Waals surface area contributed by atoms with Crippen molar-refractivity contribution in [3.05, 3.63) is 0 Å². The molecule has 0 rings (SSSR count). The number of rotatable bonds is 12. The lowest BCUT2D eigenvalue weighted by Crippen LogP contribution is -1.99. The van der Waals surface area contributed by atoms with Gasteiger partial charge in [0.15, 0.2) is 0 Å². The van der Waals surface area contributed by atoms with Crippen LogP contribution in [-0.4, -0.2) is 9.80 Å². The van der Waals surface area contributed by atoms with Crippen LogP contribution < -0.4 is 0 Å². The Hall–Kier alpha value is 0.310. The molecule has 0 aliphatic carbocycles. The third-order valence-corrected chi connectivity index (χ3v) is 4.10. The van der Waals surface area contributed by atoms with E-state index in [-0.39, 0.29) is 0 Å². The highest BCUT2D eigenvalue weighted by Crippen LogP contribution is 2.18. The van der Waals surface area contributed by atoms with Gasteiger partial charge in [-0.1, -0.05) is 71.6 Å². The van der Waals surface area contributed by atoms with E-state index in [0.717, 1.165) is 18.5 Å². The zero-order chi connectivity index (χ0) is 12.1. The topological polar surface area (TPSA) is 20.2 Å². The smallest absolute Gasteiger partial charge is 0.0306 e. The van der Waals surface area contributed by atoms with E-state index in [1.54, 1.807) is 0 Å². The molecule has 98 valence electrons. The minimum atomic E-state index is 0.476. The molecular weight excluding hydrogens is 216 g/mol. The van der Waals surface area contributed by atoms with Crippen LogP contribution in [0.5, 0.6) is 0 Å². The van der Waals surface area contributed by atoms with E-state index in [1.807, 2.05) is 0 Å². The highest BCUT2D eigenvalue weighted by Gasteiger charge is 2.04. The largest absolute Gasteiger partial charge is 0.330 e. The van der Waals surface area contributed by atoms with Gasteiger partial charge in [-0.25, -0.2) is 0 Å². The van der Waals surface area contributed by atoms with Crippen molar-refractivity contribution in [2.75, 3.05) is 0 Å². The van der Waals surface area contributed by atoms with Gasteiger partial charge in [-0.15, -0.1) is 0 Å². The molecule has 1 N–H and O–H groups in total. The highest BCUT2D eigenvalue weighted by atomic mass is 32.2. The van der Waals surface area contributed by atoms with Crippen LogP contribution in [-0.2, 0) is 0 Å². The molecule has 2 heteroatoms. The summed E-state index contributed by atoms with van der Waals surface area (Å²) in [6.45, 7) is 4.42. The predicted molar refractivity (Wildman–Crippen MR) is 76.1 cm³/mol. The molecule has 0 amide bonds. The third kappa shape index (κ3) is 10.8. The Bertz CT molecular complexity index is 124. The summed E-state index contributed by atoms with van der Waals surface area (Å²) in [7, 11) is 0. The maximum atomic E-state index is 8.97. The fourth-order valence-corrected chi connectivity index (χ4v) is 2.44. The van der Waals surface area contributed by atoms with E-state index in [1.165, 1.54) is 64.2 Å².